The predicted molar refractivity (Wildman–Crippen MR) is 67.8 cm³/mol. The monoisotopic (exact) mass is 250 g/mol. The van der Waals surface area contributed by atoms with Gasteiger partial charge in [-0.15, -0.1) is 0 Å². The molecule has 2 aliphatic heterocycles. The van der Waals surface area contributed by atoms with Gasteiger partial charge in [0, 0.05) is 19.6 Å². The first-order chi connectivity index (χ1) is 8.73. The molecule has 0 radical (unpaired) electrons. The average molecular weight is 250 g/mol. The third kappa shape index (κ3) is 2.37. The number of piperidine rings is 1. The number of rotatable bonds is 2. The van der Waals surface area contributed by atoms with E-state index >= 15 is 0 Å². The summed E-state index contributed by atoms with van der Waals surface area (Å²) in [5.41, 5.74) is -0.380. The van der Waals surface area contributed by atoms with Gasteiger partial charge in [0.05, 0.1) is 6.07 Å². The van der Waals surface area contributed by atoms with Crippen LogP contribution < -0.4 is 0 Å². The first-order valence-electron chi connectivity index (χ1n) is 7.06. The van der Waals surface area contributed by atoms with Crippen molar-refractivity contribution in [1.29, 1.82) is 5.26 Å². The maximum absolute atomic E-state index is 12.1. The molecule has 4 nitrogen and oxygen atoms in total. The highest BCUT2D eigenvalue weighted by molar-refractivity contribution is 5.77. The molecule has 0 aliphatic carbocycles. The number of ether oxygens (including phenoxy) is 1. The molecule has 2 heterocycles. The summed E-state index contributed by atoms with van der Waals surface area (Å²) in [5.74, 6) is 0.109. The highest BCUT2D eigenvalue weighted by Gasteiger charge is 2.48. The van der Waals surface area contributed by atoms with Gasteiger partial charge >= 0.3 is 0 Å². The fourth-order valence-electron chi connectivity index (χ4n) is 3.20. The van der Waals surface area contributed by atoms with Crippen molar-refractivity contribution in [3.8, 4) is 6.07 Å². The molecule has 4 heteroatoms. The number of nitriles is 1. The Labute approximate surface area is 109 Å². The Morgan fingerprint density at radius 3 is 2.83 bits per heavy atom. The van der Waals surface area contributed by atoms with Crippen LogP contribution in [-0.2, 0) is 9.53 Å². The SMILES string of the molecule is CCCC(=O)N1CCCC2(CCCCO2)C1C#N. The van der Waals surface area contributed by atoms with E-state index < -0.39 is 0 Å². The summed E-state index contributed by atoms with van der Waals surface area (Å²) in [7, 11) is 0. The van der Waals surface area contributed by atoms with E-state index in [9.17, 15) is 10.1 Å². The van der Waals surface area contributed by atoms with Gasteiger partial charge in [-0.05, 0) is 38.5 Å². The van der Waals surface area contributed by atoms with E-state index in [0.29, 0.717) is 13.0 Å². The summed E-state index contributed by atoms with van der Waals surface area (Å²) >= 11 is 0. The van der Waals surface area contributed by atoms with Gasteiger partial charge in [-0.3, -0.25) is 4.79 Å². The number of hydrogen-bond acceptors (Lipinski definition) is 3. The normalized spacial score (nSPS) is 32.2. The summed E-state index contributed by atoms with van der Waals surface area (Å²) in [5, 5.41) is 9.47. The zero-order chi connectivity index (χ0) is 13.0. The Balaban J connectivity index is 2.17. The Morgan fingerprint density at radius 1 is 1.44 bits per heavy atom. The van der Waals surface area contributed by atoms with Gasteiger partial charge in [0.2, 0.25) is 5.91 Å². The maximum atomic E-state index is 12.1. The minimum Gasteiger partial charge on any atom is -0.372 e. The van der Waals surface area contributed by atoms with Crippen molar-refractivity contribution in [2.45, 2.75) is 63.5 Å². The number of nitrogens with zero attached hydrogens (tertiary/aromatic N) is 2. The van der Waals surface area contributed by atoms with E-state index in [0.717, 1.165) is 45.1 Å². The van der Waals surface area contributed by atoms with Crippen LogP contribution in [-0.4, -0.2) is 35.6 Å². The minimum atomic E-state index is -0.384. The maximum Gasteiger partial charge on any atom is 0.223 e. The lowest BCUT2D eigenvalue weighted by Gasteiger charge is -2.48. The molecule has 2 aliphatic rings. The summed E-state index contributed by atoms with van der Waals surface area (Å²) < 4.78 is 5.95. The highest BCUT2D eigenvalue weighted by Crippen LogP contribution is 2.38. The molecule has 2 fully saturated rings. The molecule has 0 bridgehead atoms. The van der Waals surface area contributed by atoms with Crippen LogP contribution in [0.2, 0.25) is 0 Å². The van der Waals surface area contributed by atoms with Gasteiger partial charge in [-0.25, -0.2) is 0 Å². The quantitative estimate of drug-likeness (QED) is 0.755. The molecule has 2 unspecified atom stereocenters. The van der Waals surface area contributed by atoms with Crippen LogP contribution in [0.1, 0.15) is 51.9 Å². The van der Waals surface area contributed by atoms with Crippen LogP contribution in [0, 0.1) is 11.3 Å². The number of carbonyl (C=O) groups is 1. The number of hydrogen-bond donors (Lipinski definition) is 0. The third-order valence-corrected chi connectivity index (χ3v) is 4.10. The molecule has 0 aromatic rings. The zero-order valence-electron chi connectivity index (χ0n) is 11.2. The van der Waals surface area contributed by atoms with E-state index in [1.807, 2.05) is 6.92 Å². The molecule has 2 saturated heterocycles. The Kier molecular flexibility index (Phi) is 4.23. The van der Waals surface area contributed by atoms with Crippen LogP contribution in [0.4, 0.5) is 0 Å². The summed E-state index contributed by atoms with van der Waals surface area (Å²) in [4.78, 5) is 13.9. The fraction of sp³-hybridized carbons (Fsp3) is 0.857. The van der Waals surface area contributed by atoms with Crippen molar-refractivity contribution >= 4 is 5.91 Å². The minimum absolute atomic E-state index is 0.109. The smallest absolute Gasteiger partial charge is 0.223 e. The lowest BCUT2D eigenvalue weighted by atomic mass is 9.79. The van der Waals surface area contributed by atoms with E-state index in [2.05, 4.69) is 6.07 Å². The summed E-state index contributed by atoms with van der Waals surface area (Å²) in [6, 6.07) is 1.95. The molecule has 0 aromatic carbocycles. The molecule has 0 saturated carbocycles. The summed E-state index contributed by atoms with van der Waals surface area (Å²) in [6.45, 7) is 3.44. The van der Waals surface area contributed by atoms with Crippen molar-refractivity contribution in [3.05, 3.63) is 0 Å². The van der Waals surface area contributed by atoms with E-state index in [4.69, 9.17) is 4.74 Å². The lowest BCUT2D eigenvalue weighted by Crippen LogP contribution is -2.60. The molecule has 2 atom stereocenters. The fourth-order valence-corrected chi connectivity index (χ4v) is 3.20. The van der Waals surface area contributed by atoms with E-state index in [-0.39, 0.29) is 17.6 Å². The zero-order valence-corrected chi connectivity index (χ0v) is 11.2. The standard InChI is InChI=1S/C14H22N2O2/c1-2-6-13(17)16-9-5-8-14(12(16)11-15)7-3-4-10-18-14/h12H,2-10H2,1H3. The molecule has 0 N–H and O–H groups in total. The summed E-state index contributed by atoms with van der Waals surface area (Å²) in [6.07, 6.45) is 6.34. The molecular weight excluding hydrogens is 228 g/mol. The molecule has 100 valence electrons. The molecule has 2 rings (SSSR count). The van der Waals surface area contributed by atoms with Crippen molar-refractivity contribution in [3.63, 3.8) is 0 Å². The Hall–Kier alpha value is -1.08. The Morgan fingerprint density at radius 2 is 2.22 bits per heavy atom. The van der Waals surface area contributed by atoms with Crippen molar-refractivity contribution < 1.29 is 9.53 Å². The number of likely N-dealkylation sites (tertiary alicyclic amines) is 1. The van der Waals surface area contributed by atoms with Crippen LogP contribution >= 0.6 is 0 Å². The average Bonchev–Trinajstić information content (AvgIpc) is 2.39. The predicted octanol–water partition coefficient (Wildman–Crippen LogP) is 2.24. The van der Waals surface area contributed by atoms with E-state index in [1.165, 1.54) is 0 Å². The van der Waals surface area contributed by atoms with Gasteiger partial charge in [0.15, 0.2) is 0 Å². The second-order valence-corrected chi connectivity index (χ2v) is 5.34. The first-order valence-corrected chi connectivity index (χ1v) is 7.06. The van der Waals surface area contributed by atoms with Gasteiger partial charge < -0.3 is 9.64 Å². The van der Waals surface area contributed by atoms with E-state index in [1.54, 1.807) is 4.90 Å². The Bertz CT molecular complexity index is 337. The van der Waals surface area contributed by atoms with Gasteiger partial charge in [0.25, 0.3) is 0 Å². The number of amides is 1. The molecule has 0 aromatic heterocycles. The lowest BCUT2D eigenvalue weighted by molar-refractivity contribution is -0.159. The van der Waals surface area contributed by atoms with Crippen molar-refractivity contribution in [2.24, 2.45) is 0 Å². The number of carbonyl (C=O) groups excluding carboxylic acids is 1. The topological polar surface area (TPSA) is 53.3 Å². The molecule has 1 spiro atoms. The third-order valence-electron chi connectivity index (χ3n) is 4.10. The van der Waals surface area contributed by atoms with Gasteiger partial charge in [-0.1, -0.05) is 6.92 Å². The molecule has 18 heavy (non-hydrogen) atoms. The van der Waals surface area contributed by atoms with Crippen LogP contribution in [0.15, 0.2) is 0 Å². The highest BCUT2D eigenvalue weighted by atomic mass is 16.5. The van der Waals surface area contributed by atoms with Crippen molar-refractivity contribution in [2.75, 3.05) is 13.2 Å². The first kappa shape index (κ1) is 13.4. The second-order valence-electron chi connectivity index (χ2n) is 5.34. The molecule has 1 amide bonds. The van der Waals surface area contributed by atoms with Crippen LogP contribution in [0.3, 0.4) is 0 Å². The van der Waals surface area contributed by atoms with Crippen molar-refractivity contribution in [1.82, 2.24) is 4.90 Å². The van der Waals surface area contributed by atoms with Gasteiger partial charge in [-0.2, -0.15) is 5.26 Å². The largest absolute Gasteiger partial charge is 0.372 e. The van der Waals surface area contributed by atoms with Gasteiger partial charge in [0.1, 0.15) is 11.6 Å². The van der Waals surface area contributed by atoms with Crippen LogP contribution in [0.25, 0.3) is 0 Å². The van der Waals surface area contributed by atoms with Crippen LogP contribution in [0.5, 0.6) is 0 Å². The molecular formula is C14H22N2O2. The second kappa shape index (κ2) is 5.71.